The quantitative estimate of drug-likeness (QED) is 0.888. The number of rotatable bonds is 3. The summed E-state index contributed by atoms with van der Waals surface area (Å²) in [7, 11) is 3.09. The molecule has 0 spiro atoms. The van der Waals surface area contributed by atoms with Crippen LogP contribution in [0.3, 0.4) is 0 Å². The smallest absolute Gasteiger partial charge is 0.168 e. The summed E-state index contributed by atoms with van der Waals surface area (Å²) in [5.41, 5.74) is 9.56. The van der Waals surface area contributed by atoms with Crippen LogP contribution in [-0.2, 0) is 13.0 Å². The van der Waals surface area contributed by atoms with E-state index in [0.717, 1.165) is 24.2 Å². The number of aromatic nitrogens is 1. The number of ether oxygens (including phenoxy) is 2. The van der Waals surface area contributed by atoms with Gasteiger partial charge in [-0.1, -0.05) is 11.6 Å². The fourth-order valence-corrected chi connectivity index (χ4v) is 3.24. The van der Waals surface area contributed by atoms with Gasteiger partial charge in [-0.3, -0.25) is 0 Å². The van der Waals surface area contributed by atoms with Gasteiger partial charge in [0.25, 0.3) is 0 Å². The van der Waals surface area contributed by atoms with Crippen LogP contribution in [-0.4, -0.2) is 25.7 Å². The van der Waals surface area contributed by atoms with Crippen molar-refractivity contribution in [2.24, 2.45) is 0 Å². The standard InChI is InChI=1S/C17H17ClN4O2/c1-23-14-6-9(18)5-10(16(14)24-2)15-11(7-19)17(20)22-13-3-4-21-8-12(13)15/h5-6,21H,3-4,8H2,1-2H3,(H2,20,22). The van der Waals surface area contributed by atoms with Crippen molar-refractivity contribution in [3.63, 3.8) is 0 Å². The van der Waals surface area contributed by atoms with Crippen LogP contribution in [0.4, 0.5) is 5.82 Å². The first-order chi connectivity index (χ1) is 11.6. The molecule has 0 aliphatic carbocycles. The van der Waals surface area contributed by atoms with E-state index in [4.69, 9.17) is 26.8 Å². The van der Waals surface area contributed by atoms with E-state index < -0.39 is 0 Å². The fourth-order valence-electron chi connectivity index (χ4n) is 3.04. The normalized spacial score (nSPS) is 13.1. The molecule has 124 valence electrons. The van der Waals surface area contributed by atoms with Gasteiger partial charge in [0.1, 0.15) is 17.5 Å². The number of pyridine rings is 1. The molecule has 0 radical (unpaired) electrons. The molecule has 1 aromatic carbocycles. The van der Waals surface area contributed by atoms with Crippen molar-refractivity contribution < 1.29 is 9.47 Å². The van der Waals surface area contributed by atoms with E-state index in [1.54, 1.807) is 26.4 Å². The van der Waals surface area contributed by atoms with Crippen molar-refractivity contribution in [1.29, 1.82) is 5.26 Å². The molecule has 1 aromatic heterocycles. The van der Waals surface area contributed by atoms with Gasteiger partial charge in [0.2, 0.25) is 0 Å². The third-order valence-electron chi connectivity index (χ3n) is 4.08. The minimum atomic E-state index is 0.217. The summed E-state index contributed by atoms with van der Waals surface area (Å²) in [6.07, 6.45) is 0.748. The first-order valence-electron chi connectivity index (χ1n) is 7.44. The monoisotopic (exact) mass is 344 g/mol. The number of fused-ring (bicyclic) bond motifs is 1. The van der Waals surface area contributed by atoms with Gasteiger partial charge in [0.05, 0.1) is 14.2 Å². The Morgan fingerprint density at radius 3 is 2.79 bits per heavy atom. The maximum atomic E-state index is 9.63. The molecule has 6 nitrogen and oxygen atoms in total. The Bertz CT molecular complexity index is 846. The Labute approximate surface area is 145 Å². The summed E-state index contributed by atoms with van der Waals surface area (Å²) >= 11 is 6.25. The molecule has 2 aromatic rings. The Balaban J connectivity index is 2.40. The molecule has 0 amide bonds. The molecule has 0 unspecified atom stereocenters. The number of nitrogens with one attached hydrogen (secondary N) is 1. The van der Waals surface area contributed by atoms with Crippen molar-refractivity contribution in [3.05, 3.63) is 34.0 Å². The molecule has 1 aliphatic rings. The summed E-state index contributed by atoms with van der Waals surface area (Å²) in [5, 5.41) is 13.4. The molecule has 0 saturated carbocycles. The molecular formula is C17H17ClN4O2. The maximum Gasteiger partial charge on any atom is 0.168 e. The number of benzene rings is 1. The number of anilines is 1. The molecular weight excluding hydrogens is 328 g/mol. The highest BCUT2D eigenvalue weighted by atomic mass is 35.5. The van der Waals surface area contributed by atoms with Crippen LogP contribution < -0.4 is 20.5 Å². The Morgan fingerprint density at radius 1 is 1.33 bits per heavy atom. The van der Waals surface area contributed by atoms with Crippen molar-refractivity contribution in [3.8, 4) is 28.7 Å². The minimum Gasteiger partial charge on any atom is -0.493 e. The number of nitrogens with zero attached hydrogens (tertiary/aromatic N) is 2. The predicted molar refractivity (Wildman–Crippen MR) is 92.3 cm³/mol. The number of nitrogen functional groups attached to an aromatic ring is 1. The van der Waals surface area contributed by atoms with Crippen LogP contribution in [0.2, 0.25) is 5.02 Å². The van der Waals surface area contributed by atoms with Crippen LogP contribution in [0, 0.1) is 11.3 Å². The topological polar surface area (TPSA) is 93.2 Å². The maximum absolute atomic E-state index is 9.63. The Hall–Kier alpha value is -2.49. The molecule has 0 fully saturated rings. The van der Waals surface area contributed by atoms with Gasteiger partial charge in [-0.2, -0.15) is 5.26 Å². The first-order valence-corrected chi connectivity index (χ1v) is 7.82. The predicted octanol–water partition coefficient (Wildman–Crippen LogP) is 2.52. The van der Waals surface area contributed by atoms with E-state index in [0.29, 0.717) is 39.8 Å². The first kappa shape index (κ1) is 16.4. The number of halogens is 1. The van der Waals surface area contributed by atoms with Crippen LogP contribution >= 0.6 is 11.6 Å². The zero-order valence-corrected chi connectivity index (χ0v) is 14.2. The molecule has 7 heteroatoms. The molecule has 24 heavy (non-hydrogen) atoms. The van der Waals surface area contributed by atoms with E-state index in [1.165, 1.54) is 0 Å². The molecule has 0 bridgehead atoms. The van der Waals surface area contributed by atoms with Gasteiger partial charge in [-0.05, 0) is 11.6 Å². The lowest BCUT2D eigenvalue weighted by molar-refractivity contribution is 0.356. The van der Waals surface area contributed by atoms with Crippen molar-refractivity contribution in [1.82, 2.24) is 10.3 Å². The van der Waals surface area contributed by atoms with Gasteiger partial charge in [-0.15, -0.1) is 0 Å². The molecule has 3 N–H and O–H groups in total. The van der Waals surface area contributed by atoms with Gasteiger partial charge >= 0.3 is 0 Å². The van der Waals surface area contributed by atoms with Crippen molar-refractivity contribution >= 4 is 17.4 Å². The van der Waals surface area contributed by atoms with Gasteiger partial charge < -0.3 is 20.5 Å². The van der Waals surface area contributed by atoms with E-state index >= 15 is 0 Å². The summed E-state index contributed by atoms with van der Waals surface area (Å²) in [4.78, 5) is 4.40. The van der Waals surface area contributed by atoms with Crippen LogP contribution in [0.5, 0.6) is 11.5 Å². The van der Waals surface area contributed by atoms with Crippen molar-refractivity contribution in [2.45, 2.75) is 13.0 Å². The van der Waals surface area contributed by atoms with E-state index in [9.17, 15) is 5.26 Å². The third kappa shape index (κ3) is 2.62. The van der Waals surface area contributed by atoms with Crippen LogP contribution in [0.25, 0.3) is 11.1 Å². The largest absolute Gasteiger partial charge is 0.493 e. The zero-order chi connectivity index (χ0) is 17.3. The summed E-state index contributed by atoms with van der Waals surface area (Å²) in [6, 6.07) is 5.60. The van der Waals surface area contributed by atoms with E-state index in [1.807, 2.05) is 0 Å². The average Bonchev–Trinajstić information content (AvgIpc) is 2.59. The number of methoxy groups -OCH3 is 2. The van der Waals surface area contributed by atoms with Gasteiger partial charge in [-0.25, -0.2) is 4.98 Å². The van der Waals surface area contributed by atoms with E-state index in [2.05, 4.69) is 16.4 Å². The highest BCUT2D eigenvalue weighted by molar-refractivity contribution is 6.31. The second-order valence-electron chi connectivity index (χ2n) is 5.40. The van der Waals surface area contributed by atoms with Crippen LogP contribution in [0.15, 0.2) is 12.1 Å². The van der Waals surface area contributed by atoms with Gasteiger partial charge in [0, 0.05) is 47.4 Å². The second-order valence-corrected chi connectivity index (χ2v) is 5.84. The van der Waals surface area contributed by atoms with Gasteiger partial charge in [0.15, 0.2) is 11.5 Å². The van der Waals surface area contributed by atoms with E-state index in [-0.39, 0.29) is 5.82 Å². The van der Waals surface area contributed by atoms with Crippen LogP contribution in [0.1, 0.15) is 16.8 Å². The fraction of sp³-hybridized carbons (Fsp3) is 0.294. The lowest BCUT2D eigenvalue weighted by Crippen LogP contribution is -2.26. The zero-order valence-electron chi connectivity index (χ0n) is 13.4. The summed E-state index contributed by atoms with van der Waals surface area (Å²) in [5.74, 6) is 1.22. The highest BCUT2D eigenvalue weighted by Gasteiger charge is 2.25. The Morgan fingerprint density at radius 2 is 2.12 bits per heavy atom. The second kappa shape index (κ2) is 6.56. The SMILES string of the molecule is COc1cc(Cl)cc(-c2c(C#N)c(N)nc3c2CNCC3)c1OC. The number of nitrogens with two attached hydrogens (primary N) is 1. The summed E-state index contributed by atoms with van der Waals surface area (Å²) in [6.45, 7) is 1.42. The number of hydrogen-bond donors (Lipinski definition) is 2. The number of hydrogen-bond acceptors (Lipinski definition) is 6. The molecule has 1 aliphatic heterocycles. The van der Waals surface area contributed by atoms with Crippen molar-refractivity contribution in [2.75, 3.05) is 26.5 Å². The molecule has 0 atom stereocenters. The average molecular weight is 345 g/mol. The molecule has 0 saturated heterocycles. The Kier molecular flexibility index (Phi) is 4.47. The lowest BCUT2D eigenvalue weighted by atomic mass is 9.91. The highest BCUT2D eigenvalue weighted by Crippen LogP contribution is 2.44. The third-order valence-corrected chi connectivity index (χ3v) is 4.30. The lowest BCUT2D eigenvalue weighted by Gasteiger charge is -2.23. The molecule has 3 rings (SSSR count). The minimum absolute atomic E-state index is 0.217. The molecule has 2 heterocycles. The summed E-state index contributed by atoms with van der Waals surface area (Å²) < 4.78 is 10.9. The number of nitriles is 1.